The van der Waals surface area contributed by atoms with Crippen LogP contribution in [0.5, 0.6) is 5.88 Å². The van der Waals surface area contributed by atoms with Crippen LogP contribution in [0.3, 0.4) is 0 Å². The minimum absolute atomic E-state index is 0.0233. The molecule has 0 aliphatic carbocycles. The molecule has 5 heterocycles. The number of pyridine rings is 2. The quantitative estimate of drug-likeness (QED) is 0.173. The Hall–Kier alpha value is -5.43. The molecule has 2 aliphatic heterocycles. The largest absolute Gasteiger partial charge is 0.471 e. The van der Waals surface area contributed by atoms with Crippen LogP contribution in [0.15, 0.2) is 106 Å². The van der Waals surface area contributed by atoms with Crippen molar-refractivity contribution in [1.29, 1.82) is 0 Å². The van der Waals surface area contributed by atoms with Crippen molar-refractivity contribution in [2.24, 2.45) is 4.99 Å². The molecule has 6 aromatic rings. The molecule has 2 aliphatic rings. The lowest BCUT2D eigenvalue weighted by molar-refractivity contribution is -0.110. The van der Waals surface area contributed by atoms with Gasteiger partial charge in [0.05, 0.1) is 29.5 Å². The highest BCUT2D eigenvalue weighted by Gasteiger charge is 2.44. The van der Waals surface area contributed by atoms with Crippen molar-refractivity contribution in [1.82, 2.24) is 29.9 Å². The highest BCUT2D eigenvalue weighted by atomic mass is 32.2. The van der Waals surface area contributed by atoms with Crippen LogP contribution in [-0.2, 0) is 50.3 Å². The van der Waals surface area contributed by atoms with E-state index in [0.717, 1.165) is 59.6 Å². The molecule has 8 rings (SSSR count). The van der Waals surface area contributed by atoms with E-state index in [1.807, 2.05) is 69.6 Å². The average Bonchev–Trinajstić information content (AvgIpc) is 3.73. The summed E-state index contributed by atoms with van der Waals surface area (Å²) in [7, 11) is -9.53. The van der Waals surface area contributed by atoms with Gasteiger partial charge in [0, 0.05) is 48.6 Å². The maximum Gasteiger partial charge on any atom is 0.296 e. The Labute approximate surface area is 317 Å². The van der Waals surface area contributed by atoms with E-state index in [-0.39, 0.29) is 5.39 Å². The molecule has 1 atom stereocenters. The number of benzene rings is 3. The Morgan fingerprint density at radius 1 is 0.873 bits per heavy atom. The van der Waals surface area contributed by atoms with E-state index in [1.54, 1.807) is 23.0 Å². The number of rotatable bonds is 9. The molecule has 3 aromatic carbocycles. The molecule has 0 spiro atoms. The fourth-order valence-corrected chi connectivity index (χ4v) is 8.75. The number of nitrogens with zero attached hydrogens (tertiary/aromatic N) is 7. The van der Waals surface area contributed by atoms with Gasteiger partial charge in [-0.1, -0.05) is 53.7 Å². The number of hydrogen-bond acceptors (Lipinski definition) is 12. The van der Waals surface area contributed by atoms with Crippen molar-refractivity contribution in [2.75, 3.05) is 13.2 Å². The second-order valence-electron chi connectivity index (χ2n) is 12.9. The lowest BCUT2D eigenvalue weighted by atomic mass is 9.96. The van der Waals surface area contributed by atoms with Gasteiger partial charge >= 0.3 is 0 Å². The number of para-hydroxylation sites is 1. The van der Waals surface area contributed by atoms with Gasteiger partial charge in [0.2, 0.25) is 5.88 Å². The number of hydrogen-bond donors (Lipinski definition) is 2. The minimum Gasteiger partial charge on any atom is -0.471 e. The summed E-state index contributed by atoms with van der Waals surface area (Å²) in [5.74, 6) is 0.591. The highest BCUT2D eigenvalue weighted by molar-refractivity contribution is 7.89. The summed E-state index contributed by atoms with van der Waals surface area (Å²) < 4.78 is 77.2. The molecule has 2 N–H and O–H groups in total. The first kappa shape index (κ1) is 37.9. The highest BCUT2D eigenvalue weighted by Crippen LogP contribution is 2.42. The van der Waals surface area contributed by atoms with Crippen molar-refractivity contribution in [3.8, 4) is 11.6 Å². The van der Waals surface area contributed by atoms with E-state index < -0.39 is 35.8 Å². The number of ether oxygens (including phenoxy) is 2. The van der Waals surface area contributed by atoms with Gasteiger partial charge in [-0.3, -0.25) is 24.0 Å². The van der Waals surface area contributed by atoms with Gasteiger partial charge in [-0.05, 0) is 68.0 Å². The Bertz CT molecular complexity index is 2650. The first-order chi connectivity index (χ1) is 26.3. The van der Waals surface area contributed by atoms with Crippen LogP contribution < -0.4 is 4.74 Å². The Kier molecular flexibility index (Phi) is 10.3. The third-order valence-electron chi connectivity index (χ3n) is 9.41. The maximum atomic E-state index is 11.3. The molecule has 15 nitrogen and oxygen atoms in total. The monoisotopic (exact) mass is 783 g/mol. The average molecular weight is 784 g/mol. The topological polar surface area (TPSA) is 199 Å². The van der Waals surface area contributed by atoms with Crippen molar-refractivity contribution in [3.05, 3.63) is 125 Å². The number of aromatic nitrogens is 5. The Balaban J connectivity index is 0.000000217. The van der Waals surface area contributed by atoms with Crippen molar-refractivity contribution < 1.29 is 35.4 Å². The Morgan fingerprint density at radius 2 is 1.65 bits per heavy atom. The Morgan fingerprint density at radius 3 is 2.40 bits per heavy atom. The van der Waals surface area contributed by atoms with E-state index in [9.17, 15) is 16.8 Å². The van der Waals surface area contributed by atoms with Gasteiger partial charge in [0.15, 0.2) is 5.72 Å². The number of fused-ring (bicyclic) bond motifs is 3. The predicted molar refractivity (Wildman–Crippen MR) is 203 cm³/mol. The lowest BCUT2D eigenvalue weighted by Crippen LogP contribution is -2.50. The van der Waals surface area contributed by atoms with Crippen LogP contribution in [0.2, 0.25) is 0 Å². The molecule has 3 aromatic heterocycles. The molecule has 0 saturated heterocycles. The normalized spacial score (nSPS) is 16.7. The summed E-state index contributed by atoms with van der Waals surface area (Å²) >= 11 is 0. The predicted octanol–water partition coefficient (Wildman–Crippen LogP) is 5.55. The van der Waals surface area contributed by atoms with Crippen LogP contribution in [0.1, 0.15) is 40.7 Å². The second kappa shape index (κ2) is 15.0. The summed E-state index contributed by atoms with van der Waals surface area (Å²) in [4.78, 5) is 14.3. The van der Waals surface area contributed by atoms with Gasteiger partial charge < -0.3 is 9.47 Å². The fraction of sp³-hybridized carbons (Fsp3) is 0.237. The zero-order valence-corrected chi connectivity index (χ0v) is 31.7. The first-order valence-corrected chi connectivity index (χ1v) is 20.1. The maximum absolute atomic E-state index is 11.3. The molecule has 0 fully saturated rings. The van der Waals surface area contributed by atoms with E-state index in [0.29, 0.717) is 24.5 Å². The molecular formula is C38H37N7O8S2. The molecule has 0 saturated carbocycles. The third kappa shape index (κ3) is 7.62. The van der Waals surface area contributed by atoms with Crippen LogP contribution in [-0.4, -0.2) is 75.2 Å². The molecule has 1 unspecified atom stereocenters. The van der Waals surface area contributed by atoms with E-state index in [1.165, 1.54) is 29.3 Å². The molecule has 0 radical (unpaired) electrons. The summed E-state index contributed by atoms with van der Waals surface area (Å²) in [6.45, 7) is 8.38. The summed E-state index contributed by atoms with van der Waals surface area (Å²) in [6.07, 6.45) is 6.52. The first-order valence-electron chi connectivity index (χ1n) is 17.2. The van der Waals surface area contributed by atoms with E-state index in [4.69, 9.17) is 18.6 Å². The second-order valence-corrected chi connectivity index (χ2v) is 15.7. The summed E-state index contributed by atoms with van der Waals surface area (Å²) in [5.41, 5.74) is 7.31. The van der Waals surface area contributed by atoms with Crippen LogP contribution >= 0.6 is 0 Å². The minimum atomic E-state index is -4.78. The zero-order valence-electron chi connectivity index (χ0n) is 30.1. The summed E-state index contributed by atoms with van der Waals surface area (Å²) in [6, 6.07) is 22.5. The van der Waals surface area contributed by atoms with Gasteiger partial charge in [0.1, 0.15) is 22.1 Å². The molecule has 0 bridgehead atoms. The lowest BCUT2D eigenvalue weighted by Gasteiger charge is -2.42. The zero-order chi connectivity index (χ0) is 39.0. The van der Waals surface area contributed by atoms with E-state index in [2.05, 4.69) is 36.2 Å². The van der Waals surface area contributed by atoms with Gasteiger partial charge in [-0.15, -0.1) is 5.10 Å². The standard InChI is InChI=1S/C28H29N7O2.C10H8O6S2/c1-4-37-28(18-31-25-8-6-5-7-24(25)28)34-12-11-21-13-27(30-14-22(21)16-34)36-17-26-20(3)32-33-35(26)23-10-9-19(2)29-15-23;11-17(12,13)9-6-5-7-3-1-2-4-8(7)10(9)18(14,15)16/h5-10,13-15,18H,4,11-12,16-17H2,1-3H3;1-6H,(H,11,12,13)(H,14,15,16). The van der Waals surface area contributed by atoms with Gasteiger partial charge in [0.25, 0.3) is 20.2 Å². The third-order valence-corrected chi connectivity index (χ3v) is 11.4. The number of aliphatic imine (C=N–C) groups is 1. The molecule has 284 valence electrons. The number of aryl methyl sites for hydroxylation is 2. The summed E-state index contributed by atoms with van der Waals surface area (Å²) in [5, 5.41) is 8.97. The van der Waals surface area contributed by atoms with Crippen LogP contribution in [0.25, 0.3) is 16.5 Å². The van der Waals surface area contributed by atoms with Gasteiger partial charge in [-0.25, -0.2) is 9.67 Å². The van der Waals surface area contributed by atoms with Gasteiger partial charge in [-0.2, -0.15) is 16.8 Å². The van der Waals surface area contributed by atoms with Crippen LogP contribution in [0, 0.1) is 13.8 Å². The fourth-order valence-electron chi connectivity index (χ4n) is 6.74. The molecule has 17 heteroatoms. The SMILES string of the molecule is CCOC1(N2CCc3cc(OCc4c(C)nnn4-c4ccc(C)nc4)ncc3C2)C=Nc2ccccc21.O=S(=O)(O)c1ccc2ccccc2c1S(=O)(=O)O. The van der Waals surface area contributed by atoms with Crippen molar-refractivity contribution in [2.45, 2.75) is 55.9 Å². The van der Waals surface area contributed by atoms with Crippen LogP contribution in [0.4, 0.5) is 5.69 Å². The van der Waals surface area contributed by atoms with Crippen molar-refractivity contribution in [3.63, 3.8) is 0 Å². The molecule has 55 heavy (non-hydrogen) atoms. The smallest absolute Gasteiger partial charge is 0.296 e. The molecular weight excluding hydrogens is 747 g/mol. The van der Waals surface area contributed by atoms with Crippen molar-refractivity contribution >= 4 is 42.9 Å². The van der Waals surface area contributed by atoms with E-state index >= 15 is 0 Å². The molecule has 0 amide bonds.